The Bertz CT molecular complexity index is 120. The molecule has 0 bridgehead atoms. The van der Waals surface area contributed by atoms with E-state index in [0.717, 1.165) is 5.06 Å². The van der Waals surface area contributed by atoms with Crippen molar-refractivity contribution in [1.29, 1.82) is 0 Å². The molecule has 0 aromatic rings. The highest BCUT2D eigenvalue weighted by atomic mass is 16.5. The zero-order chi connectivity index (χ0) is 7.72. The van der Waals surface area contributed by atoms with Crippen LogP contribution in [0.25, 0.3) is 0 Å². The van der Waals surface area contributed by atoms with Crippen LogP contribution in [0.4, 0.5) is 0 Å². The minimum Gasteiger partial charge on any atom is -0.389 e. The summed E-state index contributed by atoms with van der Waals surface area (Å²) in [5.74, 6) is 0. The van der Waals surface area contributed by atoms with Crippen molar-refractivity contribution < 1.29 is 15.4 Å². The number of rotatable bonds is 1. The maximum absolute atomic E-state index is 9.18. The Hall–Kier alpha value is -0.160. The van der Waals surface area contributed by atoms with Gasteiger partial charge in [-0.2, -0.15) is 5.06 Å². The van der Waals surface area contributed by atoms with Gasteiger partial charge in [0.05, 0.1) is 24.8 Å². The second kappa shape index (κ2) is 2.84. The van der Waals surface area contributed by atoms with Crippen molar-refractivity contribution >= 4 is 0 Å². The van der Waals surface area contributed by atoms with Crippen LogP contribution < -0.4 is 0 Å². The Morgan fingerprint density at radius 2 is 2.10 bits per heavy atom. The lowest BCUT2D eigenvalue weighted by atomic mass is 10.1. The van der Waals surface area contributed by atoms with Gasteiger partial charge < -0.3 is 15.4 Å². The molecule has 1 heterocycles. The lowest BCUT2D eigenvalue weighted by Crippen LogP contribution is -2.33. The number of nitrogens with zero attached hydrogens (tertiary/aromatic N) is 1. The summed E-state index contributed by atoms with van der Waals surface area (Å²) in [6.07, 6.45) is -0.945. The molecule has 3 atom stereocenters. The second-order valence-corrected chi connectivity index (χ2v) is 2.66. The summed E-state index contributed by atoms with van der Waals surface area (Å²) in [6.45, 7) is 2.01. The van der Waals surface area contributed by atoms with E-state index >= 15 is 0 Å². The summed E-state index contributed by atoms with van der Waals surface area (Å²) >= 11 is 0. The topological polar surface area (TPSA) is 63.9 Å². The van der Waals surface area contributed by atoms with Crippen molar-refractivity contribution in [1.82, 2.24) is 5.06 Å². The van der Waals surface area contributed by atoms with Crippen LogP contribution in [-0.2, 0) is 0 Å². The summed E-state index contributed by atoms with van der Waals surface area (Å²) in [5.41, 5.74) is 0. The Morgan fingerprint density at radius 1 is 1.50 bits per heavy atom. The number of aliphatic hydroxyl groups excluding tert-OH is 2. The first-order valence-electron chi connectivity index (χ1n) is 3.48. The van der Waals surface area contributed by atoms with E-state index in [0.29, 0.717) is 6.42 Å². The van der Waals surface area contributed by atoms with Gasteiger partial charge in [-0.3, -0.25) is 0 Å². The van der Waals surface area contributed by atoms with E-state index in [1.54, 1.807) is 0 Å². The molecule has 0 aromatic carbocycles. The fourth-order valence-corrected chi connectivity index (χ4v) is 1.32. The van der Waals surface area contributed by atoms with Crippen LogP contribution >= 0.6 is 0 Å². The van der Waals surface area contributed by atoms with E-state index in [9.17, 15) is 5.11 Å². The molecule has 10 heavy (non-hydrogen) atoms. The predicted octanol–water partition coefficient (Wildman–Crippen LogP) is -0.808. The summed E-state index contributed by atoms with van der Waals surface area (Å²) in [6, 6.07) is -0.296. The summed E-state index contributed by atoms with van der Waals surface area (Å²) < 4.78 is 0. The van der Waals surface area contributed by atoms with E-state index in [2.05, 4.69) is 0 Å². The van der Waals surface area contributed by atoms with Crippen molar-refractivity contribution in [3.63, 3.8) is 0 Å². The van der Waals surface area contributed by atoms with Crippen LogP contribution in [0.15, 0.2) is 0 Å². The fourth-order valence-electron chi connectivity index (χ4n) is 1.32. The minimum absolute atomic E-state index is 0.152. The van der Waals surface area contributed by atoms with Gasteiger partial charge in [0.1, 0.15) is 0 Å². The van der Waals surface area contributed by atoms with Gasteiger partial charge in [0.2, 0.25) is 0 Å². The highest BCUT2D eigenvalue weighted by Crippen LogP contribution is 2.18. The van der Waals surface area contributed by atoms with Crippen LogP contribution in [-0.4, -0.2) is 45.3 Å². The maximum atomic E-state index is 9.18. The SMILES string of the molecule is CC[C@H]1[C@H](O)[C@H](O)CN1O. The zero-order valence-electron chi connectivity index (χ0n) is 5.94. The summed E-state index contributed by atoms with van der Waals surface area (Å²) in [5, 5.41) is 28.2. The highest BCUT2D eigenvalue weighted by Gasteiger charge is 2.37. The van der Waals surface area contributed by atoms with Gasteiger partial charge in [0.15, 0.2) is 0 Å². The molecule has 0 unspecified atom stereocenters. The third-order valence-electron chi connectivity index (χ3n) is 1.96. The van der Waals surface area contributed by atoms with E-state index < -0.39 is 12.2 Å². The Labute approximate surface area is 59.7 Å². The molecule has 60 valence electrons. The number of hydrogen-bond acceptors (Lipinski definition) is 4. The fraction of sp³-hybridized carbons (Fsp3) is 1.00. The van der Waals surface area contributed by atoms with Gasteiger partial charge in [0, 0.05) is 0 Å². The van der Waals surface area contributed by atoms with E-state index in [1.807, 2.05) is 6.92 Å². The molecule has 1 rings (SSSR count). The zero-order valence-corrected chi connectivity index (χ0v) is 5.94. The normalized spacial score (nSPS) is 42.6. The molecule has 0 aromatic heterocycles. The molecular weight excluding hydrogens is 134 g/mol. The molecule has 4 nitrogen and oxygen atoms in total. The van der Waals surface area contributed by atoms with Crippen molar-refractivity contribution in [2.24, 2.45) is 0 Å². The van der Waals surface area contributed by atoms with Gasteiger partial charge in [-0.25, -0.2) is 0 Å². The Balaban J connectivity index is 2.55. The summed E-state index contributed by atoms with van der Waals surface area (Å²) in [4.78, 5) is 0. The van der Waals surface area contributed by atoms with Crippen LogP contribution in [0.5, 0.6) is 0 Å². The van der Waals surface area contributed by atoms with Crippen molar-refractivity contribution in [2.75, 3.05) is 6.54 Å². The monoisotopic (exact) mass is 147 g/mol. The van der Waals surface area contributed by atoms with Crippen LogP contribution in [0.2, 0.25) is 0 Å². The second-order valence-electron chi connectivity index (χ2n) is 2.66. The molecule has 1 aliphatic rings. The van der Waals surface area contributed by atoms with Crippen LogP contribution in [0.1, 0.15) is 13.3 Å². The first-order valence-corrected chi connectivity index (χ1v) is 3.48. The molecule has 0 aliphatic carbocycles. The quantitative estimate of drug-likeness (QED) is 0.454. The molecule has 0 saturated carbocycles. The number of hydrogen-bond donors (Lipinski definition) is 3. The third kappa shape index (κ3) is 1.15. The molecule has 1 aliphatic heterocycles. The highest BCUT2D eigenvalue weighted by molar-refractivity contribution is 4.88. The van der Waals surface area contributed by atoms with Crippen molar-refractivity contribution in [3.05, 3.63) is 0 Å². The van der Waals surface area contributed by atoms with Gasteiger partial charge in [-0.1, -0.05) is 6.92 Å². The number of aliphatic hydroxyl groups is 2. The smallest absolute Gasteiger partial charge is 0.0990 e. The minimum atomic E-state index is -0.796. The molecule has 1 fully saturated rings. The van der Waals surface area contributed by atoms with Gasteiger partial charge >= 0.3 is 0 Å². The Morgan fingerprint density at radius 3 is 2.30 bits per heavy atom. The average molecular weight is 147 g/mol. The van der Waals surface area contributed by atoms with E-state index in [1.165, 1.54) is 0 Å². The predicted molar refractivity (Wildman–Crippen MR) is 34.6 cm³/mol. The number of hydroxylamine groups is 2. The first kappa shape index (κ1) is 7.94. The third-order valence-corrected chi connectivity index (χ3v) is 1.96. The van der Waals surface area contributed by atoms with Crippen molar-refractivity contribution in [2.45, 2.75) is 31.6 Å². The molecule has 3 N–H and O–H groups in total. The first-order chi connectivity index (χ1) is 4.66. The van der Waals surface area contributed by atoms with Gasteiger partial charge in [-0.15, -0.1) is 0 Å². The summed E-state index contributed by atoms with van der Waals surface area (Å²) in [7, 11) is 0. The van der Waals surface area contributed by atoms with Crippen LogP contribution in [0, 0.1) is 0 Å². The van der Waals surface area contributed by atoms with Crippen LogP contribution in [0.3, 0.4) is 0 Å². The molecule has 0 amide bonds. The average Bonchev–Trinajstić information content (AvgIpc) is 2.09. The van der Waals surface area contributed by atoms with E-state index in [-0.39, 0.29) is 12.6 Å². The number of β-amino-alcohol motifs (C(OH)–C–C–N with tert-alkyl or cyclic N) is 1. The Kier molecular flexibility index (Phi) is 2.25. The molecule has 0 spiro atoms. The molecule has 1 saturated heterocycles. The maximum Gasteiger partial charge on any atom is 0.0990 e. The standard InChI is InChI=1S/C6H13NO3/c1-2-4-6(9)5(8)3-7(4)10/h4-6,8-10H,2-3H2,1H3/t4-,5+,6-/m0/s1. The molecular formula is C6H13NO3. The molecule has 0 radical (unpaired) electrons. The lowest BCUT2D eigenvalue weighted by molar-refractivity contribution is -0.117. The van der Waals surface area contributed by atoms with Gasteiger partial charge in [0.25, 0.3) is 0 Å². The van der Waals surface area contributed by atoms with E-state index in [4.69, 9.17) is 10.3 Å². The largest absolute Gasteiger partial charge is 0.389 e. The molecule has 4 heteroatoms. The van der Waals surface area contributed by atoms with Crippen molar-refractivity contribution in [3.8, 4) is 0 Å². The lowest BCUT2D eigenvalue weighted by Gasteiger charge is -2.17. The van der Waals surface area contributed by atoms with Gasteiger partial charge in [-0.05, 0) is 6.42 Å².